The Labute approximate surface area is 123 Å². The maximum Gasteiger partial charge on any atom is 0.0606 e. The zero-order valence-electron chi connectivity index (χ0n) is 13.1. The number of nitrogens with one attached hydrogen (secondary N) is 1. The van der Waals surface area contributed by atoms with Crippen LogP contribution in [-0.2, 0) is 0 Å². The van der Waals surface area contributed by atoms with E-state index in [1.54, 1.807) is 0 Å². The Bertz CT molecular complexity index is 418. The molecule has 0 spiro atoms. The van der Waals surface area contributed by atoms with Gasteiger partial charge in [-0.25, -0.2) is 0 Å². The van der Waals surface area contributed by atoms with Crippen molar-refractivity contribution < 1.29 is 5.11 Å². The van der Waals surface area contributed by atoms with Crippen molar-refractivity contribution in [2.45, 2.75) is 51.8 Å². The number of anilines is 1. The van der Waals surface area contributed by atoms with Crippen LogP contribution in [0.4, 0.5) is 5.69 Å². The maximum atomic E-state index is 10.0. The van der Waals surface area contributed by atoms with Gasteiger partial charge in [0, 0.05) is 36.8 Å². The average molecular weight is 276 g/mol. The first-order valence-corrected chi connectivity index (χ1v) is 7.62. The molecule has 1 aromatic rings. The molecular weight excluding hydrogens is 248 g/mol. The van der Waals surface area contributed by atoms with Crippen molar-refractivity contribution >= 4 is 5.69 Å². The van der Waals surface area contributed by atoms with Crippen molar-refractivity contribution in [3.63, 3.8) is 0 Å². The predicted molar refractivity (Wildman–Crippen MR) is 85.1 cm³/mol. The van der Waals surface area contributed by atoms with Crippen LogP contribution in [0.5, 0.6) is 0 Å². The second-order valence-corrected chi connectivity index (χ2v) is 6.67. The van der Waals surface area contributed by atoms with Gasteiger partial charge in [-0.05, 0) is 31.9 Å². The molecule has 3 heteroatoms. The molecule has 112 valence electrons. The summed E-state index contributed by atoms with van der Waals surface area (Å²) in [5.74, 6) is 0. The standard InChI is InChI=1S/C17H28N2O/c1-13(19(4)14-8-6-5-7-9-14)12-18-15-10-11-16(20)17(15,2)3/h5-9,13,15-16,18,20H,10-12H2,1-4H3. The Kier molecular flexibility index (Phi) is 4.71. The highest BCUT2D eigenvalue weighted by atomic mass is 16.3. The zero-order valence-corrected chi connectivity index (χ0v) is 13.1. The predicted octanol–water partition coefficient (Wildman–Crippen LogP) is 2.65. The molecule has 0 amide bonds. The first-order chi connectivity index (χ1) is 9.43. The molecule has 0 saturated heterocycles. The van der Waals surface area contributed by atoms with E-state index >= 15 is 0 Å². The molecule has 0 aliphatic heterocycles. The van der Waals surface area contributed by atoms with E-state index in [2.05, 4.69) is 62.3 Å². The van der Waals surface area contributed by atoms with E-state index < -0.39 is 0 Å². The molecule has 2 rings (SSSR count). The van der Waals surface area contributed by atoms with E-state index in [9.17, 15) is 5.11 Å². The van der Waals surface area contributed by atoms with Gasteiger partial charge in [0.2, 0.25) is 0 Å². The minimum absolute atomic E-state index is 0.0228. The average Bonchev–Trinajstić information content (AvgIpc) is 2.70. The molecule has 0 bridgehead atoms. The number of likely N-dealkylation sites (N-methyl/N-ethyl adjacent to an activating group) is 1. The molecule has 20 heavy (non-hydrogen) atoms. The summed E-state index contributed by atoms with van der Waals surface area (Å²) >= 11 is 0. The quantitative estimate of drug-likeness (QED) is 0.868. The molecule has 1 fully saturated rings. The molecule has 1 aromatic carbocycles. The second-order valence-electron chi connectivity index (χ2n) is 6.67. The summed E-state index contributed by atoms with van der Waals surface area (Å²) in [5, 5.41) is 13.7. The molecule has 2 N–H and O–H groups in total. The summed E-state index contributed by atoms with van der Waals surface area (Å²) in [7, 11) is 2.14. The van der Waals surface area contributed by atoms with Crippen LogP contribution in [-0.4, -0.2) is 36.9 Å². The minimum Gasteiger partial charge on any atom is -0.393 e. The number of nitrogens with zero attached hydrogens (tertiary/aromatic N) is 1. The first kappa shape index (κ1) is 15.3. The van der Waals surface area contributed by atoms with E-state index in [0.717, 1.165) is 19.4 Å². The summed E-state index contributed by atoms with van der Waals surface area (Å²) in [6.45, 7) is 7.49. The number of para-hydroxylation sites is 1. The third-order valence-corrected chi connectivity index (χ3v) is 4.97. The highest BCUT2D eigenvalue weighted by Crippen LogP contribution is 2.37. The molecule has 1 aliphatic carbocycles. The second kappa shape index (κ2) is 6.15. The lowest BCUT2D eigenvalue weighted by molar-refractivity contribution is 0.0645. The highest BCUT2D eigenvalue weighted by Gasteiger charge is 2.41. The summed E-state index contributed by atoms with van der Waals surface area (Å²) in [4.78, 5) is 2.30. The van der Waals surface area contributed by atoms with E-state index in [-0.39, 0.29) is 11.5 Å². The SMILES string of the molecule is CC(CNC1CCC(O)C1(C)C)N(C)c1ccccc1. The fraction of sp³-hybridized carbons (Fsp3) is 0.647. The van der Waals surface area contributed by atoms with Gasteiger partial charge < -0.3 is 15.3 Å². The molecule has 0 heterocycles. The van der Waals surface area contributed by atoms with Crippen LogP contribution in [0.3, 0.4) is 0 Å². The molecule has 3 atom stereocenters. The Hall–Kier alpha value is -1.06. The largest absolute Gasteiger partial charge is 0.393 e. The van der Waals surface area contributed by atoms with Gasteiger partial charge in [0.25, 0.3) is 0 Å². The third kappa shape index (κ3) is 3.15. The van der Waals surface area contributed by atoms with Crippen LogP contribution in [0, 0.1) is 5.41 Å². The van der Waals surface area contributed by atoms with Gasteiger partial charge in [0.1, 0.15) is 0 Å². The van der Waals surface area contributed by atoms with E-state index in [1.165, 1.54) is 5.69 Å². The van der Waals surface area contributed by atoms with Gasteiger partial charge in [-0.3, -0.25) is 0 Å². The van der Waals surface area contributed by atoms with Gasteiger partial charge >= 0.3 is 0 Å². The molecule has 1 aliphatic rings. The van der Waals surface area contributed by atoms with Crippen molar-refractivity contribution in [1.82, 2.24) is 5.32 Å². The summed E-state index contributed by atoms with van der Waals surface area (Å²) in [6.07, 6.45) is 1.80. The van der Waals surface area contributed by atoms with Gasteiger partial charge in [0.15, 0.2) is 0 Å². The van der Waals surface area contributed by atoms with Crippen molar-refractivity contribution in [3.05, 3.63) is 30.3 Å². The lowest BCUT2D eigenvalue weighted by Crippen LogP contribution is -2.47. The van der Waals surface area contributed by atoms with Crippen LogP contribution in [0.15, 0.2) is 30.3 Å². The summed E-state index contributed by atoms with van der Waals surface area (Å²) in [6, 6.07) is 11.3. The zero-order chi connectivity index (χ0) is 14.8. The van der Waals surface area contributed by atoms with E-state index in [0.29, 0.717) is 12.1 Å². The van der Waals surface area contributed by atoms with Crippen LogP contribution < -0.4 is 10.2 Å². The fourth-order valence-electron chi connectivity index (χ4n) is 3.03. The molecule has 3 nitrogen and oxygen atoms in total. The molecule has 3 unspecified atom stereocenters. The molecular formula is C17H28N2O. The normalized spacial score (nSPS) is 26.4. The van der Waals surface area contributed by atoms with Crippen LogP contribution in [0.1, 0.15) is 33.6 Å². The van der Waals surface area contributed by atoms with Gasteiger partial charge in [-0.15, -0.1) is 0 Å². The van der Waals surface area contributed by atoms with Gasteiger partial charge in [-0.1, -0.05) is 32.0 Å². The van der Waals surface area contributed by atoms with Crippen LogP contribution in [0.2, 0.25) is 0 Å². The minimum atomic E-state index is -0.179. The monoisotopic (exact) mass is 276 g/mol. The van der Waals surface area contributed by atoms with Crippen molar-refractivity contribution in [2.24, 2.45) is 5.41 Å². The van der Waals surface area contributed by atoms with E-state index in [1.807, 2.05) is 6.07 Å². The Morgan fingerprint density at radius 2 is 1.95 bits per heavy atom. The number of benzene rings is 1. The summed E-state index contributed by atoms with van der Waals surface area (Å²) < 4.78 is 0. The Morgan fingerprint density at radius 1 is 1.30 bits per heavy atom. The lowest BCUT2D eigenvalue weighted by Gasteiger charge is -2.34. The number of aliphatic hydroxyl groups is 1. The van der Waals surface area contributed by atoms with Gasteiger partial charge in [0.05, 0.1) is 6.10 Å². The van der Waals surface area contributed by atoms with E-state index in [4.69, 9.17) is 0 Å². The number of hydrogen-bond acceptors (Lipinski definition) is 3. The van der Waals surface area contributed by atoms with Crippen molar-refractivity contribution in [2.75, 3.05) is 18.5 Å². The molecule has 1 saturated carbocycles. The Morgan fingerprint density at radius 3 is 2.50 bits per heavy atom. The number of hydrogen-bond donors (Lipinski definition) is 2. The lowest BCUT2D eigenvalue weighted by atomic mass is 9.85. The van der Waals surface area contributed by atoms with Crippen LogP contribution >= 0.6 is 0 Å². The smallest absolute Gasteiger partial charge is 0.0606 e. The van der Waals surface area contributed by atoms with Gasteiger partial charge in [-0.2, -0.15) is 0 Å². The molecule has 0 radical (unpaired) electrons. The fourth-order valence-corrected chi connectivity index (χ4v) is 3.03. The third-order valence-electron chi connectivity index (χ3n) is 4.97. The Balaban J connectivity index is 1.88. The number of rotatable bonds is 5. The highest BCUT2D eigenvalue weighted by molar-refractivity contribution is 5.46. The van der Waals surface area contributed by atoms with Crippen molar-refractivity contribution in [3.8, 4) is 0 Å². The van der Waals surface area contributed by atoms with Crippen molar-refractivity contribution in [1.29, 1.82) is 0 Å². The summed E-state index contributed by atoms with van der Waals surface area (Å²) in [5.41, 5.74) is 1.22. The first-order valence-electron chi connectivity index (χ1n) is 7.62. The number of aliphatic hydroxyl groups excluding tert-OH is 1. The topological polar surface area (TPSA) is 35.5 Å². The maximum absolute atomic E-state index is 10.0. The molecule has 0 aromatic heterocycles. The van der Waals surface area contributed by atoms with Crippen LogP contribution in [0.25, 0.3) is 0 Å².